The van der Waals surface area contributed by atoms with E-state index >= 15 is 0 Å². The summed E-state index contributed by atoms with van der Waals surface area (Å²) >= 11 is 0. The molecular formula is C7H6N2O3. The van der Waals surface area contributed by atoms with Gasteiger partial charge in [0.1, 0.15) is 5.69 Å². The third-order valence-electron chi connectivity index (χ3n) is 1.49. The number of non-ortho nitro benzene ring substituents is 1. The molecule has 5 nitrogen and oxygen atoms in total. The molecule has 1 rings (SSSR count). The van der Waals surface area contributed by atoms with Gasteiger partial charge in [-0.2, -0.15) is 0 Å². The van der Waals surface area contributed by atoms with E-state index in [2.05, 4.69) is 5.18 Å². The van der Waals surface area contributed by atoms with Crippen LogP contribution in [0.4, 0.5) is 11.4 Å². The van der Waals surface area contributed by atoms with Crippen LogP contribution in [0.25, 0.3) is 0 Å². The Bertz CT molecular complexity index is 335. The van der Waals surface area contributed by atoms with Crippen molar-refractivity contribution >= 4 is 11.4 Å². The maximum atomic E-state index is 10.2. The standard InChI is InChI=1S/C7H6N2O3/c1-5-4-6(9(11)12)2-3-7(5)8-10/h2-4H,1H3. The molecule has 12 heavy (non-hydrogen) atoms. The predicted octanol–water partition coefficient (Wildman–Crippen LogP) is 2.30. The average molecular weight is 166 g/mol. The molecule has 0 atom stereocenters. The fourth-order valence-corrected chi connectivity index (χ4v) is 0.856. The molecule has 0 N–H and O–H groups in total. The number of benzene rings is 1. The van der Waals surface area contributed by atoms with Gasteiger partial charge >= 0.3 is 0 Å². The van der Waals surface area contributed by atoms with E-state index < -0.39 is 4.92 Å². The monoisotopic (exact) mass is 166 g/mol. The minimum atomic E-state index is -0.512. The summed E-state index contributed by atoms with van der Waals surface area (Å²) in [6.07, 6.45) is 0. The number of rotatable bonds is 2. The van der Waals surface area contributed by atoms with Gasteiger partial charge in [-0.15, -0.1) is 4.91 Å². The first-order chi connectivity index (χ1) is 5.65. The Labute approximate surface area is 68.1 Å². The van der Waals surface area contributed by atoms with E-state index in [4.69, 9.17) is 0 Å². The van der Waals surface area contributed by atoms with Crippen molar-refractivity contribution in [1.82, 2.24) is 0 Å². The van der Waals surface area contributed by atoms with Crippen LogP contribution in [0.1, 0.15) is 5.56 Å². The van der Waals surface area contributed by atoms with Crippen molar-refractivity contribution in [1.29, 1.82) is 0 Å². The summed E-state index contributed by atoms with van der Waals surface area (Å²) in [5.41, 5.74) is 0.722. The van der Waals surface area contributed by atoms with Crippen molar-refractivity contribution in [3.05, 3.63) is 38.8 Å². The van der Waals surface area contributed by atoms with E-state index in [9.17, 15) is 15.0 Å². The van der Waals surface area contributed by atoms with Gasteiger partial charge in [0.25, 0.3) is 5.69 Å². The van der Waals surface area contributed by atoms with Crippen LogP contribution in [0.5, 0.6) is 0 Å². The number of nitro benzene ring substituents is 1. The van der Waals surface area contributed by atoms with Gasteiger partial charge in [0.2, 0.25) is 0 Å². The van der Waals surface area contributed by atoms with Crippen LogP contribution in [-0.4, -0.2) is 4.92 Å². The summed E-state index contributed by atoms with van der Waals surface area (Å²) in [6, 6.07) is 3.90. The average Bonchev–Trinajstić information content (AvgIpc) is 2.04. The molecule has 62 valence electrons. The van der Waals surface area contributed by atoms with Gasteiger partial charge < -0.3 is 0 Å². The highest BCUT2D eigenvalue weighted by Crippen LogP contribution is 2.22. The highest BCUT2D eigenvalue weighted by atomic mass is 16.6. The Morgan fingerprint density at radius 1 is 1.50 bits per heavy atom. The van der Waals surface area contributed by atoms with Crippen LogP contribution in [0.15, 0.2) is 23.4 Å². The van der Waals surface area contributed by atoms with E-state index in [0.29, 0.717) is 5.56 Å². The second-order valence-corrected chi connectivity index (χ2v) is 2.32. The normalized spacial score (nSPS) is 9.42. The van der Waals surface area contributed by atoms with Crippen molar-refractivity contribution in [3.8, 4) is 0 Å². The van der Waals surface area contributed by atoms with Crippen LogP contribution in [0.2, 0.25) is 0 Å². The Kier molecular flexibility index (Phi) is 2.14. The second kappa shape index (κ2) is 3.08. The van der Waals surface area contributed by atoms with E-state index in [1.807, 2.05) is 0 Å². The summed E-state index contributed by atoms with van der Waals surface area (Å²) < 4.78 is 0. The van der Waals surface area contributed by atoms with Crippen molar-refractivity contribution in [2.45, 2.75) is 6.92 Å². The van der Waals surface area contributed by atoms with Gasteiger partial charge in [0.15, 0.2) is 0 Å². The summed E-state index contributed by atoms with van der Waals surface area (Å²) in [7, 11) is 0. The molecule has 0 fully saturated rings. The maximum absolute atomic E-state index is 10.2. The first-order valence-corrected chi connectivity index (χ1v) is 3.23. The summed E-state index contributed by atoms with van der Waals surface area (Å²) in [5, 5.41) is 12.9. The number of hydrogen-bond donors (Lipinski definition) is 0. The summed E-state index contributed by atoms with van der Waals surface area (Å²) in [4.78, 5) is 19.8. The molecule has 0 aliphatic carbocycles. The second-order valence-electron chi connectivity index (χ2n) is 2.32. The number of aryl methyl sites for hydroxylation is 1. The third-order valence-corrected chi connectivity index (χ3v) is 1.49. The topological polar surface area (TPSA) is 72.6 Å². The van der Waals surface area contributed by atoms with Crippen molar-refractivity contribution in [3.63, 3.8) is 0 Å². The maximum Gasteiger partial charge on any atom is 0.269 e. The minimum absolute atomic E-state index is 0.0279. The van der Waals surface area contributed by atoms with E-state index in [1.165, 1.54) is 18.2 Å². The van der Waals surface area contributed by atoms with Crippen LogP contribution in [0.3, 0.4) is 0 Å². The summed E-state index contributed by atoms with van der Waals surface area (Å²) in [6.45, 7) is 1.60. The SMILES string of the molecule is Cc1cc([N+](=O)[O-])ccc1N=O. The third kappa shape index (κ3) is 1.45. The lowest BCUT2D eigenvalue weighted by molar-refractivity contribution is -0.384. The molecule has 0 bridgehead atoms. The predicted molar refractivity (Wildman–Crippen MR) is 43.3 cm³/mol. The molecule has 0 aliphatic heterocycles. The van der Waals surface area contributed by atoms with Gasteiger partial charge in [-0.3, -0.25) is 10.1 Å². The number of nitroso groups, excluding NO2 is 1. The zero-order chi connectivity index (χ0) is 9.14. The minimum Gasteiger partial charge on any atom is -0.258 e. The van der Waals surface area contributed by atoms with Gasteiger partial charge in [0.05, 0.1) is 4.92 Å². The Morgan fingerprint density at radius 2 is 2.17 bits per heavy atom. The fourth-order valence-electron chi connectivity index (χ4n) is 0.856. The largest absolute Gasteiger partial charge is 0.269 e. The van der Waals surface area contributed by atoms with Crippen LogP contribution < -0.4 is 0 Å². The Balaban J connectivity index is 3.18. The number of nitro groups is 1. The van der Waals surface area contributed by atoms with Crippen LogP contribution in [0, 0.1) is 21.9 Å². The molecule has 1 aromatic rings. The van der Waals surface area contributed by atoms with E-state index in [-0.39, 0.29) is 11.4 Å². The zero-order valence-corrected chi connectivity index (χ0v) is 6.35. The Hall–Kier alpha value is -1.78. The van der Waals surface area contributed by atoms with Gasteiger partial charge in [-0.25, -0.2) is 0 Å². The molecule has 5 heteroatoms. The molecule has 0 saturated heterocycles. The molecule has 0 saturated carbocycles. The smallest absolute Gasteiger partial charge is 0.258 e. The molecular weight excluding hydrogens is 160 g/mol. The van der Waals surface area contributed by atoms with Gasteiger partial charge in [-0.1, -0.05) is 0 Å². The van der Waals surface area contributed by atoms with Crippen LogP contribution in [-0.2, 0) is 0 Å². The first kappa shape index (κ1) is 8.32. The Morgan fingerprint density at radius 3 is 2.58 bits per heavy atom. The number of hydrogen-bond acceptors (Lipinski definition) is 4. The number of nitrogens with zero attached hydrogens (tertiary/aromatic N) is 2. The molecule has 0 aromatic heterocycles. The molecule has 0 aliphatic rings. The summed E-state index contributed by atoms with van der Waals surface area (Å²) in [5.74, 6) is 0. The van der Waals surface area contributed by atoms with Crippen molar-refractivity contribution < 1.29 is 4.92 Å². The molecule has 0 amide bonds. The van der Waals surface area contributed by atoms with Crippen LogP contribution >= 0.6 is 0 Å². The quantitative estimate of drug-likeness (QED) is 0.384. The van der Waals surface area contributed by atoms with Gasteiger partial charge in [-0.05, 0) is 23.7 Å². The fraction of sp³-hybridized carbons (Fsp3) is 0.143. The van der Waals surface area contributed by atoms with E-state index in [0.717, 1.165) is 0 Å². The molecule has 0 radical (unpaired) electrons. The van der Waals surface area contributed by atoms with Gasteiger partial charge in [0, 0.05) is 12.1 Å². The molecule has 0 heterocycles. The van der Waals surface area contributed by atoms with Crippen molar-refractivity contribution in [2.75, 3.05) is 0 Å². The lowest BCUT2D eigenvalue weighted by Crippen LogP contribution is -1.87. The highest BCUT2D eigenvalue weighted by molar-refractivity contribution is 5.50. The first-order valence-electron chi connectivity index (χ1n) is 3.23. The molecule has 1 aromatic carbocycles. The lowest BCUT2D eigenvalue weighted by Gasteiger charge is -1.95. The zero-order valence-electron chi connectivity index (χ0n) is 6.35. The molecule has 0 unspecified atom stereocenters. The molecule has 0 spiro atoms. The highest BCUT2D eigenvalue weighted by Gasteiger charge is 2.07. The van der Waals surface area contributed by atoms with E-state index in [1.54, 1.807) is 6.92 Å². The lowest BCUT2D eigenvalue weighted by atomic mass is 10.2. The van der Waals surface area contributed by atoms with Crippen molar-refractivity contribution in [2.24, 2.45) is 5.18 Å².